The number of amides is 1. The first-order valence-electron chi connectivity index (χ1n) is 7.93. The van der Waals surface area contributed by atoms with Gasteiger partial charge in [-0.2, -0.15) is 0 Å². The van der Waals surface area contributed by atoms with Crippen LogP contribution >= 0.6 is 11.8 Å². The van der Waals surface area contributed by atoms with Crippen LogP contribution in [0.5, 0.6) is 11.5 Å². The van der Waals surface area contributed by atoms with Crippen LogP contribution in [0, 0.1) is 0 Å². The molecular formula is C16H21N5O3S. The topological polar surface area (TPSA) is 95.5 Å². The number of hydrogen-bond donors (Lipinski definition) is 1. The van der Waals surface area contributed by atoms with Crippen LogP contribution in [0.15, 0.2) is 29.7 Å². The Morgan fingerprint density at radius 3 is 2.92 bits per heavy atom. The molecule has 0 saturated carbocycles. The largest absolute Gasteiger partial charge is 0.497 e. The number of benzene rings is 1. The molecule has 25 heavy (non-hydrogen) atoms. The first-order valence-corrected chi connectivity index (χ1v) is 8.92. The van der Waals surface area contributed by atoms with E-state index in [-0.39, 0.29) is 17.7 Å². The summed E-state index contributed by atoms with van der Waals surface area (Å²) in [6, 6.07) is 5.65. The number of thioether (sulfide) groups is 1. The summed E-state index contributed by atoms with van der Waals surface area (Å²) >= 11 is 1.28. The molecule has 1 aliphatic rings. The Hall–Kier alpha value is -2.42. The second-order valence-electron chi connectivity index (χ2n) is 5.66. The maximum Gasteiger partial charge on any atom is 0.233 e. The third-order valence-corrected chi connectivity index (χ3v) is 5.18. The molecule has 2 heterocycles. The number of carbonyl (C=O) groups is 1. The molecule has 0 aliphatic carbocycles. The molecule has 9 heteroatoms. The van der Waals surface area contributed by atoms with Crippen molar-refractivity contribution >= 4 is 17.7 Å². The van der Waals surface area contributed by atoms with Crippen LogP contribution in [0.25, 0.3) is 0 Å². The molecule has 8 nitrogen and oxygen atoms in total. The number of aromatic nitrogens is 3. The predicted molar refractivity (Wildman–Crippen MR) is 94.1 cm³/mol. The Kier molecular flexibility index (Phi) is 5.32. The highest BCUT2D eigenvalue weighted by molar-refractivity contribution is 7.99. The first-order chi connectivity index (χ1) is 12.1. The third-order valence-electron chi connectivity index (χ3n) is 4.23. The van der Waals surface area contributed by atoms with Crippen molar-refractivity contribution in [3.8, 4) is 11.5 Å². The minimum absolute atomic E-state index is 0.0195. The van der Waals surface area contributed by atoms with Gasteiger partial charge < -0.3 is 20.2 Å². The molecule has 1 fully saturated rings. The summed E-state index contributed by atoms with van der Waals surface area (Å²) in [7, 11) is 3.26. The Bertz CT molecular complexity index is 751. The lowest BCUT2D eigenvalue weighted by Gasteiger charge is -2.26. The second kappa shape index (κ2) is 7.64. The van der Waals surface area contributed by atoms with E-state index in [0.717, 1.165) is 36.4 Å². The zero-order chi connectivity index (χ0) is 17.8. The lowest BCUT2D eigenvalue weighted by Crippen LogP contribution is -2.32. The van der Waals surface area contributed by atoms with E-state index < -0.39 is 0 Å². The van der Waals surface area contributed by atoms with E-state index in [2.05, 4.69) is 10.2 Å². The van der Waals surface area contributed by atoms with Crippen LogP contribution in [-0.4, -0.2) is 52.2 Å². The van der Waals surface area contributed by atoms with Gasteiger partial charge in [0.1, 0.15) is 17.8 Å². The number of methoxy groups -OCH3 is 2. The fraction of sp³-hybridized carbons (Fsp3) is 0.438. The molecule has 134 valence electrons. The highest BCUT2D eigenvalue weighted by Crippen LogP contribution is 2.39. The molecular weight excluding hydrogens is 342 g/mol. The van der Waals surface area contributed by atoms with Gasteiger partial charge in [0, 0.05) is 12.1 Å². The van der Waals surface area contributed by atoms with E-state index in [1.165, 1.54) is 22.8 Å². The molecule has 1 saturated heterocycles. The molecule has 0 unspecified atom stereocenters. The summed E-state index contributed by atoms with van der Waals surface area (Å²) in [5.74, 6) is 7.50. The van der Waals surface area contributed by atoms with Gasteiger partial charge in [0.15, 0.2) is 0 Å². The number of nitrogens with zero attached hydrogens (tertiary/aromatic N) is 4. The van der Waals surface area contributed by atoms with Gasteiger partial charge >= 0.3 is 0 Å². The third kappa shape index (κ3) is 3.65. The minimum atomic E-state index is -0.0195. The summed E-state index contributed by atoms with van der Waals surface area (Å²) in [4.78, 5) is 14.6. The first kappa shape index (κ1) is 17.4. The van der Waals surface area contributed by atoms with Gasteiger partial charge in [-0.3, -0.25) is 4.79 Å². The number of hydrogen-bond acceptors (Lipinski definition) is 7. The smallest absolute Gasteiger partial charge is 0.233 e. The van der Waals surface area contributed by atoms with E-state index in [1.54, 1.807) is 14.2 Å². The van der Waals surface area contributed by atoms with E-state index in [0.29, 0.717) is 5.16 Å². The highest BCUT2D eigenvalue weighted by atomic mass is 32.2. The molecule has 1 atom stereocenters. The molecule has 0 bridgehead atoms. The van der Waals surface area contributed by atoms with Crippen LogP contribution in [-0.2, 0) is 4.79 Å². The molecule has 1 aromatic carbocycles. The normalized spacial score (nSPS) is 16.9. The number of carbonyl (C=O) groups excluding carboxylic acids is 1. The van der Waals surface area contributed by atoms with Crippen molar-refractivity contribution in [2.75, 3.05) is 32.4 Å². The molecule has 1 aromatic heterocycles. The van der Waals surface area contributed by atoms with Crippen molar-refractivity contribution in [3.05, 3.63) is 30.1 Å². The number of rotatable bonds is 6. The molecule has 0 radical (unpaired) electrons. The SMILES string of the molecule is COc1ccc(OC)c([C@@H]2CCCN2C(=O)CSc2nncn2N)c1. The van der Waals surface area contributed by atoms with Crippen LogP contribution in [0.3, 0.4) is 0 Å². The average molecular weight is 363 g/mol. The summed E-state index contributed by atoms with van der Waals surface area (Å²) in [6.45, 7) is 0.722. The summed E-state index contributed by atoms with van der Waals surface area (Å²) < 4.78 is 12.1. The molecule has 2 N–H and O–H groups in total. The van der Waals surface area contributed by atoms with Crippen molar-refractivity contribution in [1.82, 2.24) is 19.8 Å². The van der Waals surface area contributed by atoms with E-state index >= 15 is 0 Å². The fourth-order valence-electron chi connectivity index (χ4n) is 3.03. The lowest BCUT2D eigenvalue weighted by molar-refractivity contribution is -0.129. The van der Waals surface area contributed by atoms with Crippen LogP contribution in [0.1, 0.15) is 24.4 Å². The van der Waals surface area contributed by atoms with Gasteiger partial charge in [-0.05, 0) is 31.0 Å². The van der Waals surface area contributed by atoms with Crippen molar-refractivity contribution in [3.63, 3.8) is 0 Å². The van der Waals surface area contributed by atoms with E-state index in [4.69, 9.17) is 15.3 Å². The number of ether oxygens (including phenoxy) is 2. The van der Waals surface area contributed by atoms with Gasteiger partial charge in [0.25, 0.3) is 0 Å². The lowest BCUT2D eigenvalue weighted by atomic mass is 10.0. The van der Waals surface area contributed by atoms with Crippen molar-refractivity contribution in [1.29, 1.82) is 0 Å². The fourth-order valence-corrected chi connectivity index (χ4v) is 3.75. The Morgan fingerprint density at radius 1 is 1.40 bits per heavy atom. The molecule has 1 aliphatic heterocycles. The number of likely N-dealkylation sites (tertiary alicyclic amines) is 1. The Labute approximate surface area is 150 Å². The highest BCUT2D eigenvalue weighted by Gasteiger charge is 2.32. The second-order valence-corrected chi connectivity index (χ2v) is 6.60. The van der Waals surface area contributed by atoms with Crippen LogP contribution in [0.2, 0.25) is 0 Å². The minimum Gasteiger partial charge on any atom is -0.497 e. The molecule has 0 spiro atoms. The Morgan fingerprint density at radius 2 is 2.24 bits per heavy atom. The molecule has 1 amide bonds. The van der Waals surface area contributed by atoms with Gasteiger partial charge in [-0.25, -0.2) is 4.68 Å². The number of nitrogen functional groups attached to an aromatic ring is 1. The van der Waals surface area contributed by atoms with Crippen LogP contribution < -0.4 is 15.3 Å². The van der Waals surface area contributed by atoms with E-state index in [1.807, 2.05) is 23.1 Å². The Balaban J connectivity index is 1.76. The van der Waals surface area contributed by atoms with Gasteiger partial charge in [-0.1, -0.05) is 11.8 Å². The monoisotopic (exact) mass is 363 g/mol. The number of nitrogens with two attached hydrogens (primary N) is 1. The van der Waals surface area contributed by atoms with Crippen molar-refractivity contribution in [2.45, 2.75) is 24.0 Å². The zero-order valence-corrected chi connectivity index (χ0v) is 15.0. The van der Waals surface area contributed by atoms with Crippen molar-refractivity contribution in [2.24, 2.45) is 0 Å². The summed E-state index contributed by atoms with van der Waals surface area (Å²) in [6.07, 6.45) is 3.26. The van der Waals surface area contributed by atoms with Crippen molar-refractivity contribution < 1.29 is 14.3 Å². The molecule has 3 rings (SSSR count). The average Bonchev–Trinajstić information content (AvgIpc) is 3.28. The molecule has 2 aromatic rings. The maximum absolute atomic E-state index is 12.7. The zero-order valence-electron chi connectivity index (χ0n) is 14.2. The predicted octanol–water partition coefficient (Wildman–Crippen LogP) is 1.46. The standard InChI is InChI=1S/C16H21N5O3S/c1-23-11-5-6-14(24-2)12(8-11)13-4-3-7-20(13)15(22)9-25-16-19-18-10-21(16)17/h5-6,8,10,13H,3-4,7,9,17H2,1-2H3/t13-/m0/s1. The van der Waals surface area contributed by atoms with Gasteiger partial charge in [0.2, 0.25) is 11.1 Å². The van der Waals surface area contributed by atoms with Gasteiger partial charge in [0.05, 0.1) is 26.0 Å². The summed E-state index contributed by atoms with van der Waals surface area (Å²) in [5.41, 5.74) is 0.972. The maximum atomic E-state index is 12.7. The van der Waals surface area contributed by atoms with Crippen LogP contribution in [0.4, 0.5) is 0 Å². The quantitative estimate of drug-likeness (QED) is 0.613. The van der Waals surface area contributed by atoms with Gasteiger partial charge in [-0.15, -0.1) is 10.2 Å². The van der Waals surface area contributed by atoms with E-state index in [9.17, 15) is 4.79 Å². The summed E-state index contributed by atoms with van der Waals surface area (Å²) in [5, 5.41) is 8.12.